The highest BCUT2D eigenvalue weighted by atomic mass is 16.5. The van der Waals surface area contributed by atoms with E-state index >= 15 is 0 Å². The van der Waals surface area contributed by atoms with Gasteiger partial charge in [0.25, 0.3) is 0 Å². The lowest BCUT2D eigenvalue weighted by molar-refractivity contribution is -0.116. The van der Waals surface area contributed by atoms with Gasteiger partial charge in [0.15, 0.2) is 0 Å². The molecule has 0 saturated heterocycles. The highest BCUT2D eigenvalue weighted by Crippen LogP contribution is 2.33. The van der Waals surface area contributed by atoms with Gasteiger partial charge in [-0.05, 0) is 71.6 Å². The highest BCUT2D eigenvalue weighted by molar-refractivity contribution is 5.97. The monoisotopic (exact) mass is 460 g/mol. The molecular weight excluding hydrogens is 432 g/mol. The van der Waals surface area contributed by atoms with Crippen molar-refractivity contribution in [2.24, 2.45) is 5.73 Å². The maximum absolute atomic E-state index is 11.7. The standard InChI is InChI=1S/C31H28N2O2/c1-22(34)16-26-9-5-6-13-31(26)35-21-24-18-29(25-10-7-8-23(17-25)20-32)28-14-15-33(30(28)19-24)27-11-3-2-4-12-27/h2-15,17-19H,16,20-21,32H2,1H3. The van der Waals surface area contributed by atoms with Crippen molar-refractivity contribution in [1.29, 1.82) is 0 Å². The van der Waals surface area contributed by atoms with Crippen molar-refractivity contribution in [2.45, 2.75) is 26.5 Å². The van der Waals surface area contributed by atoms with E-state index < -0.39 is 0 Å². The minimum atomic E-state index is 0.116. The van der Waals surface area contributed by atoms with Crippen molar-refractivity contribution >= 4 is 16.7 Å². The average Bonchev–Trinajstić information content (AvgIpc) is 3.32. The first-order valence-corrected chi connectivity index (χ1v) is 11.8. The predicted molar refractivity (Wildman–Crippen MR) is 142 cm³/mol. The third-order valence-corrected chi connectivity index (χ3v) is 6.18. The summed E-state index contributed by atoms with van der Waals surface area (Å²) < 4.78 is 8.46. The normalized spacial score (nSPS) is 11.0. The molecule has 4 aromatic carbocycles. The van der Waals surface area contributed by atoms with Gasteiger partial charge in [0.1, 0.15) is 18.1 Å². The molecule has 35 heavy (non-hydrogen) atoms. The van der Waals surface area contributed by atoms with Crippen LogP contribution >= 0.6 is 0 Å². The topological polar surface area (TPSA) is 57.2 Å². The Morgan fingerprint density at radius 2 is 1.66 bits per heavy atom. The van der Waals surface area contributed by atoms with Crippen LogP contribution in [-0.2, 0) is 24.4 Å². The Labute approximate surface area is 205 Å². The molecule has 0 radical (unpaired) electrons. The number of nitrogens with zero attached hydrogens (tertiary/aromatic N) is 1. The highest BCUT2D eigenvalue weighted by Gasteiger charge is 2.13. The molecule has 1 aromatic heterocycles. The number of fused-ring (bicyclic) bond motifs is 1. The van der Waals surface area contributed by atoms with Crippen molar-refractivity contribution in [1.82, 2.24) is 4.57 Å². The van der Waals surface area contributed by atoms with Gasteiger partial charge < -0.3 is 15.0 Å². The fraction of sp³-hybridized carbons (Fsp3) is 0.129. The van der Waals surface area contributed by atoms with Crippen molar-refractivity contribution in [3.8, 4) is 22.6 Å². The van der Waals surface area contributed by atoms with Crippen LogP contribution in [0.25, 0.3) is 27.7 Å². The first-order chi connectivity index (χ1) is 17.1. The van der Waals surface area contributed by atoms with Crippen LogP contribution in [0.3, 0.4) is 0 Å². The van der Waals surface area contributed by atoms with E-state index in [2.05, 4.69) is 65.4 Å². The summed E-state index contributed by atoms with van der Waals surface area (Å²) >= 11 is 0. The Balaban J connectivity index is 1.59. The number of Topliss-reactive ketones (excluding diaryl/α,β-unsaturated/α-hetero) is 1. The van der Waals surface area contributed by atoms with Gasteiger partial charge in [0, 0.05) is 35.8 Å². The third-order valence-electron chi connectivity index (χ3n) is 6.18. The molecule has 0 saturated carbocycles. The Bertz CT molecular complexity index is 1480. The maximum atomic E-state index is 11.7. The number of nitrogens with two attached hydrogens (primary N) is 1. The number of carbonyl (C=O) groups excluding carboxylic acids is 1. The lowest BCUT2D eigenvalue weighted by atomic mass is 9.97. The summed E-state index contributed by atoms with van der Waals surface area (Å²) in [7, 11) is 0. The number of carbonyl (C=O) groups is 1. The lowest BCUT2D eigenvalue weighted by Gasteiger charge is -2.14. The quantitative estimate of drug-likeness (QED) is 0.289. The number of hydrogen-bond donors (Lipinski definition) is 1. The third kappa shape index (κ3) is 4.88. The summed E-state index contributed by atoms with van der Waals surface area (Å²) in [6.45, 7) is 2.50. The molecular formula is C31H28N2O2. The summed E-state index contributed by atoms with van der Waals surface area (Å²) in [6.07, 6.45) is 2.48. The van der Waals surface area contributed by atoms with E-state index in [9.17, 15) is 4.79 Å². The van der Waals surface area contributed by atoms with E-state index in [0.717, 1.165) is 44.8 Å². The van der Waals surface area contributed by atoms with Gasteiger partial charge in [0.2, 0.25) is 0 Å². The molecule has 0 amide bonds. The second-order valence-electron chi connectivity index (χ2n) is 8.78. The minimum absolute atomic E-state index is 0.116. The van der Waals surface area contributed by atoms with Gasteiger partial charge in [-0.15, -0.1) is 0 Å². The zero-order valence-corrected chi connectivity index (χ0v) is 19.8. The Hall–Kier alpha value is -4.15. The van der Waals surface area contributed by atoms with Crippen LogP contribution in [0.1, 0.15) is 23.6 Å². The van der Waals surface area contributed by atoms with Gasteiger partial charge in [-0.2, -0.15) is 0 Å². The molecule has 0 unspecified atom stereocenters. The van der Waals surface area contributed by atoms with Crippen LogP contribution in [-0.4, -0.2) is 10.4 Å². The van der Waals surface area contributed by atoms with Crippen LogP contribution < -0.4 is 10.5 Å². The molecule has 0 aliphatic heterocycles. The lowest BCUT2D eigenvalue weighted by Crippen LogP contribution is -2.03. The van der Waals surface area contributed by atoms with E-state index in [-0.39, 0.29) is 5.78 Å². The van der Waals surface area contributed by atoms with Gasteiger partial charge in [-0.1, -0.05) is 54.6 Å². The second kappa shape index (κ2) is 10.00. The first-order valence-electron chi connectivity index (χ1n) is 11.8. The van der Waals surface area contributed by atoms with Gasteiger partial charge in [0.05, 0.1) is 5.52 Å². The summed E-state index contributed by atoms with van der Waals surface area (Å²) in [5.41, 5.74) is 13.5. The molecule has 5 rings (SSSR count). The zero-order valence-electron chi connectivity index (χ0n) is 19.8. The van der Waals surface area contributed by atoms with E-state index in [4.69, 9.17) is 10.5 Å². The molecule has 174 valence electrons. The molecule has 4 nitrogen and oxygen atoms in total. The second-order valence-corrected chi connectivity index (χ2v) is 8.78. The van der Waals surface area contributed by atoms with Gasteiger partial charge in [-0.25, -0.2) is 0 Å². The number of para-hydroxylation sites is 2. The van der Waals surface area contributed by atoms with Gasteiger partial charge in [-0.3, -0.25) is 4.79 Å². The molecule has 0 fully saturated rings. The number of ether oxygens (including phenoxy) is 1. The molecule has 2 N–H and O–H groups in total. The van der Waals surface area contributed by atoms with Crippen molar-refractivity contribution in [2.75, 3.05) is 0 Å². The SMILES string of the molecule is CC(=O)Cc1ccccc1OCc1cc(-c2cccc(CN)c2)c2ccn(-c3ccccc3)c2c1. The van der Waals surface area contributed by atoms with Gasteiger partial charge >= 0.3 is 0 Å². The van der Waals surface area contributed by atoms with Crippen molar-refractivity contribution in [3.05, 3.63) is 120 Å². The zero-order chi connectivity index (χ0) is 24.2. The number of hydrogen-bond acceptors (Lipinski definition) is 3. The maximum Gasteiger partial charge on any atom is 0.134 e. The van der Waals surface area contributed by atoms with Crippen LogP contribution in [0, 0.1) is 0 Å². The number of rotatable bonds is 8. The van der Waals surface area contributed by atoms with Crippen LogP contribution in [0.15, 0.2) is 103 Å². The van der Waals surface area contributed by atoms with Crippen LogP contribution in [0.5, 0.6) is 5.75 Å². The van der Waals surface area contributed by atoms with Crippen molar-refractivity contribution in [3.63, 3.8) is 0 Å². The minimum Gasteiger partial charge on any atom is -0.489 e. The molecule has 4 heteroatoms. The molecule has 0 aliphatic carbocycles. The smallest absolute Gasteiger partial charge is 0.134 e. The van der Waals surface area contributed by atoms with E-state index in [1.165, 1.54) is 5.39 Å². The fourth-order valence-corrected chi connectivity index (χ4v) is 4.52. The van der Waals surface area contributed by atoms with Crippen LogP contribution in [0.2, 0.25) is 0 Å². The Kier molecular flexibility index (Phi) is 6.47. The Morgan fingerprint density at radius 1 is 0.857 bits per heavy atom. The summed E-state index contributed by atoms with van der Waals surface area (Å²) in [5.74, 6) is 0.859. The number of ketones is 1. The Morgan fingerprint density at radius 3 is 2.46 bits per heavy atom. The summed E-state index contributed by atoms with van der Waals surface area (Å²) in [6, 6.07) is 33.0. The predicted octanol–water partition coefficient (Wildman–Crippen LogP) is 6.47. The van der Waals surface area contributed by atoms with E-state index in [1.807, 2.05) is 42.5 Å². The molecule has 0 aliphatic rings. The van der Waals surface area contributed by atoms with Crippen molar-refractivity contribution < 1.29 is 9.53 Å². The molecule has 0 bridgehead atoms. The number of benzene rings is 4. The largest absolute Gasteiger partial charge is 0.489 e. The summed E-state index contributed by atoms with van der Waals surface area (Å²) in [5, 5.41) is 1.17. The molecule has 0 spiro atoms. The summed E-state index contributed by atoms with van der Waals surface area (Å²) in [4.78, 5) is 11.7. The van der Waals surface area contributed by atoms with E-state index in [1.54, 1.807) is 6.92 Å². The number of aromatic nitrogens is 1. The fourth-order valence-electron chi connectivity index (χ4n) is 4.52. The van der Waals surface area contributed by atoms with Crippen LogP contribution in [0.4, 0.5) is 0 Å². The molecule has 1 heterocycles. The molecule has 0 atom stereocenters. The first kappa shape index (κ1) is 22.6. The average molecular weight is 461 g/mol. The molecule has 5 aromatic rings. The van der Waals surface area contributed by atoms with E-state index in [0.29, 0.717) is 19.6 Å².